The van der Waals surface area contributed by atoms with Crippen LogP contribution < -0.4 is 5.32 Å². The predicted octanol–water partition coefficient (Wildman–Crippen LogP) is 2.35. The van der Waals surface area contributed by atoms with E-state index < -0.39 is 6.10 Å². The molecule has 2 N–H and O–H groups in total. The van der Waals surface area contributed by atoms with Gasteiger partial charge in [0.2, 0.25) is 5.91 Å². The number of anilines is 1. The molecule has 1 fully saturated rings. The van der Waals surface area contributed by atoms with Crippen LogP contribution in [-0.2, 0) is 11.2 Å². The maximum Gasteiger partial charge on any atom is 0.230 e. The second kappa shape index (κ2) is 5.32. The molecule has 1 aromatic carbocycles. The minimum Gasteiger partial charge on any atom is -0.392 e. The van der Waals surface area contributed by atoms with Crippen LogP contribution in [0.1, 0.15) is 31.7 Å². The van der Waals surface area contributed by atoms with Crippen molar-refractivity contribution in [2.75, 3.05) is 5.32 Å². The van der Waals surface area contributed by atoms with E-state index in [0.29, 0.717) is 0 Å². The number of hydrogen-bond acceptors (Lipinski definition) is 2. The average Bonchev–Trinajstić information content (AvgIpc) is 2.76. The topological polar surface area (TPSA) is 49.3 Å². The van der Waals surface area contributed by atoms with E-state index in [-0.39, 0.29) is 11.8 Å². The Morgan fingerprint density at radius 1 is 1.47 bits per heavy atom. The molecule has 92 valence electrons. The highest BCUT2D eigenvalue weighted by Gasteiger charge is 2.31. The fraction of sp³-hybridized carbons (Fsp3) is 0.500. The average molecular weight is 233 g/mol. The zero-order chi connectivity index (χ0) is 12.3. The van der Waals surface area contributed by atoms with Crippen molar-refractivity contribution in [1.29, 1.82) is 0 Å². The Morgan fingerprint density at radius 2 is 2.29 bits per heavy atom. The Hall–Kier alpha value is -1.35. The van der Waals surface area contributed by atoms with Crippen molar-refractivity contribution in [2.45, 2.75) is 38.7 Å². The number of aryl methyl sites for hydroxylation is 1. The molecule has 3 heteroatoms. The number of benzene rings is 1. The molecule has 1 amide bonds. The fourth-order valence-corrected chi connectivity index (χ4v) is 2.35. The second-order valence-electron chi connectivity index (χ2n) is 4.65. The number of nitrogens with one attached hydrogen (secondary N) is 1. The van der Waals surface area contributed by atoms with Gasteiger partial charge in [-0.3, -0.25) is 4.79 Å². The maximum atomic E-state index is 12.0. The number of rotatable bonds is 3. The normalized spacial score (nSPS) is 23.6. The number of hydrogen-bond donors (Lipinski definition) is 2. The SMILES string of the molecule is CCc1cccc(NC(=O)C2CCCC2O)c1. The molecule has 0 aliphatic heterocycles. The third kappa shape index (κ3) is 2.86. The number of carbonyl (C=O) groups excluding carboxylic acids is 1. The van der Waals surface area contributed by atoms with Crippen molar-refractivity contribution in [3.8, 4) is 0 Å². The van der Waals surface area contributed by atoms with Gasteiger partial charge in [-0.05, 0) is 43.4 Å². The lowest BCUT2D eigenvalue weighted by Gasteiger charge is -2.14. The van der Waals surface area contributed by atoms with Gasteiger partial charge in [-0.25, -0.2) is 0 Å². The van der Waals surface area contributed by atoms with E-state index in [9.17, 15) is 9.90 Å². The van der Waals surface area contributed by atoms with Gasteiger partial charge in [0, 0.05) is 5.69 Å². The molecule has 0 radical (unpaired) electrons. The fourth-order valence-electron chi connectivity index (χ4n) is 2.35. The van der Waals surface area contributed by atoms with Crippen LogP contribution in [0.25, 0.3) is 0 Å². The molecule has 2 atom stereocenters. The molecule has 17 heavy (non-hydrogen) atoms. The first-order valence-corrected chi connectivity index (χ1v) is 6.28. The third-order valence-corrected chi connectivity index (χ3v) is 3.42. The van der Waals surface area contributed by atoms with Crippen LogP contribution in [-0.4, -0.2) is 17.1 Å². The molecule has 0 heterocycles. The highest BCUT2D eigenvalue weighted by Crippen LogP contribution is 2.26. The summed E-state index contributed by atoms with van der Waals surface area (Å²) < 4.78 is 0. The summed E-state index contributed by atoms with van der Waals surface area (Å²) in [5, 5.41) is 12.6. The lowest BCUT2D eigenvalue weighted by molar-refractivity contribution is -0.122. The molecule has 0 aromatic heterocycles. The lowest BCUT2D eigenvalue weighted by Crippen LogP contribution is -2.28. The van der Waals surface area contributed by atoms with Crippen molar-refractivity contribution in [3.63, 3.8) is 0 Å². The summed E-state index contributed by atoms with van der Waals surface area (Å²) in [5.41, 5.74) is 2.03. The number of amides is 1. The smallest absolute Gasteiger partial charge is 0.230 e. The number of aliphatic hydroxyl groups excluding tert-OH is 1. The first-order valence-electron chi connectivity index (χ1n) is 6.28. The second-order valence-corrected chi connectivity index (χ2v) is 4.65. The summed E-state index contributed by atoms with van der Waals surface area (Å²) in [6.07, 6.45) is 2.96. The molecule has 2 rings (SSSR count). The third-order valence-electron chi connectivity index (χ3n) is 3.42. The van der Waals surface area contributed by atoms with Gasteiger partial charge in [-0.1, -0.05) is 19.1 Å². The van der Waals surface area contributed by atoms with E-state index in [0.717, 1.165) is 31.4 Å². The van der Waals surface area contributed by atoms with E-state index >= 15 is 0 Å². The number of aliphatic hydroxyl groups is 1. The molecular formula is C14H19NO2. The minimum absolute atomic E-state index is 0.0525. The predicted molar refractivity (Wildman–Crippen MR) is 67.8 cm³/mol. The van der Waals surface area contributed by atoms with Crippen molar-refractivity contribution >= 4 is 11.6 Å². The van der Waals surface area contributed by atoms with E-state index in [1.54, 1.807) is 0 Å². The van der Waals surface area contributed by atoms with Crippen LogP contribution in [0.4, 0.5) is 5.69 Å². The van der Waals surface area contributed by atoms with Gasteiger partial charge in [-0.2, -0.15) is 0 Å². The van der Waals surface area contributed by atoms with Gasteiger partial charge in [-0.15, -0.1) is 0 Å². The van der Waals surface area contributed by atoms with Crippen LogP contribution in [0.5, 0.6) is 0 Å². The zero-order valence-electron chi connectivity index (χ0n) is 10.1. The maximum absolute atomic E-state index is 12.0. The van der Waals surface area contributed by atoms with Crippen LogP contribution >= 0.6 is 0 Å². The molecule has 0 saturated heterocycles. The molecule has 2 unspecified atom stereocenters. The molecule has 1 saturated carbocycles. The van der Waals surface area contributed by atoms with E-state index in [1.165, 1.54) is 5.56 Å². The van der Waals surface area contributed by atoms with Gasteiger partial charge in [0.25, 0.3) is 0 Å². The summed E-state index contributed by atoms with van der Waals surface area (Å²) in [6, 6.07) is 7.86. The van der Waals surface area contributed by atoms with Crippen LogP contribution in [0.2, 0.25) is 0 Å². The van der Waals surface area contributed by atoms with Crippen LogP contribution in [0, 0.1) is 5.92 Å². The van der Waals surface area contributed by atoms with Gasteiger partial charge >= 0.3 is 0 Å². The summed E-state index contributed by atoms with van der Waals surface area (Å²) in [7, 11) is 0. The Bertz CT molecular complexity index is 403. The van der Waals surface area contributed by atoms with Crippen LogP contribution in [0.3, 0.4) is 0 Å². The first-order chi connectivity index (χ1) is 8.20. The zero-order valence-corrected chi connectivity index (χ0v) is 10.1. The van der Waals surface area contributed by atoms with E-state index in [4.69, 9.17) is 0 Å². The highest BCUT2D eigenvalue weighted by molar-refractivity contribution is 5.93. The molecule has 1 aliphatic carbocycles. The molecule has 0 bridgehead atoms. The van der Waals surface area contributed by atoms with Gasteiger partial charge in [0.05, 0.1) is 12.0 Å². The Morgan fingerprint density at radius 3 is 2.94 bits per heavy atom. The minimum atomic E-state index is -0.468. The molecule has 3 nitrogen and oxygen atoms in total. The summed E-state index contributed by atoms with van der Waals surface area (Å²) in [5.74, 6) is -0.288. The molecule has 1 aromatic rings. The summed E-state index contributed by atoms with van der Waals surface area (Å²) in [6.45, 7) is 2.08. The van der Waals surface area contributed by atoms with Crippen LogP contribution in [0.15, 0.2) is 24.3 Å². The Kier molecular flexibility index (Phi) is 3.79. The van der Waals surface area contributed by atoms with Crippen molar-refractivity contribution in [1.82, 2.24) is 0 Å². The monoisotopic (exact) mass is 233 g/mol. The molecular weight excluding hydrogens is 214 g/mol. The van der Waals surface area contributed by atoms with Crippen molar-refractivity contribution < 1.29 is 9.90 Å². The number of carbonyl (C=O) groups is 1. The van der Waals surface area contributed by atoms with Gasteiger partial charge in [0.1, 0.15) is 0 Å². The lowest BCUT2D eigenvalue weighted by atomic mass is 10.0. The van der Waals surface area contributed by atoms with E-state index in [2.05, 4.69) is 12.2 Å². The Balaban J connectivity index is 2.02. The largest absolute Gasteiger partial charge is 0.392 e. The molecule has 0 spiro atoms. The summed E-state index contributed by atoms with van der Waals surface area (Å²) in [4.78, 5) is 12.0. The van der Waals surface area contributed by atoms with Gasteiger partial charge in [0.15, 0.2) is 0 Å². The van der Waals surface area contributed by atoms with Crippen molar-refractivity contribution in [2.24, 2.45) is 5.92 Å². The van der Waals surface area contributed by atoms with Crippen molar-refractivity contribution in [3.05, 3.63) is 29.8 Å². The van der Waals surface area contributed by atoms with E-state index in [1.807, 2.05) is 24.3 Å². The quantitative estimate of drug-likeness (QED) is 0.842. The summed E-state index contributed by atoms with van der Waals surface area (Å²) >= 11 is 0. The van der Waals surface area contributed by atoms with Gasteiger partial charge < -0.3 is 10.4 Å². The highest BCUT2D eigenvalue weighted by atomic mass is 16.3. The standard InChI is InChI=1S/C14H19NO2/c1-2-10-5-3-6-11(9-10)15-14(17)12-7-4-8-13(12)16/h3,5-6,9,12-13,16H,2,4,7-8H2,1H3,(H,15,17). The molecule has 1 aliphatic rings. The first kappa shape index (κ1) is 12.1. The Labute approximate surface area is 102 Å².